The Morgan fingerprint density at radius 1 is 1.00 bits per heavy atom. The van der Waals surface area contributed by atoms with Crippen molar-refractivity contribution in [3.05, 3.63) is 84.3 Å². The Kier molecular flexibility index (Phi) is 5.46. The first kappa shape index (κ1) is 21.6. The number of hydrogen-bond acceptors (Lipinski definition) is 5. The Labute approximate surface area is 194 Å². The normalized spacial score (nSPS) is 11.5. The average molecular weight is 480 g/mol. The van der Waals surface area contributed by atoms with Gasteiger partial charge in [-0.3, -0.25) is 5.32 Å². The topological polar surface area (TPSA) is 84.7 Å². The van der Waals surface area contributed by atoms with E-state index in [0.717, 1.165) is 6.07 Å². The molecular weight excluding hydrogens is 465 g/mol. The number of carbonyl (C=O) groups excluding carboxylic acids is 1. The third-order valence-corrected chi connectivity index (χ3v) is 5.71. The number of hydrogen-bond donors (Lipinski definition) is 2. The zero-order valence-electron chi connectivity index (χ0n) is 17.2. The molecule has 0 bridgehead atoms. The van der Waals surface area contributed by atoms with Crippen molar-refractivity contribution < 1.29 is 18.0 Å². The molecule has 0 unspecified atom stereocenters. The number of nitrogens with one attached hydrogen (secondary N) is 2. The van der Waals surface area contributed by atoms with Gasteiger partial charge in [0.05, 0.1) is 22.4 Å². The minimum Gasteiger partial charge on any atom is -0.307 e. The predicted octanol–water partition coefficient (Wildman–Crippen LogP) is 6.21. The molecule has 0 saturated heterocycles. The molecule has 2 amide bonds. The minimum absolute atomic E-state index is 0.157. The summed E-state index contributed by atoms with van der Waals surface area (Å²) in [5.41, 5.74) is 1.15. The number of halogens is 3. The second-order valence-corrected chi connectivity index (χ2v) is 8.12. The molecule has 0 saturated carbocycles. The number of nitrogens with zero attached hydrogens (tertiary/aromatic N) is 4. The summed E-state index contributed by atoms with van der Waals surface area (Å²) in [6.45, 7) is 0. The molecule has 1 aromatic carbocycles. The van der Waals surface area contributed by atoms with Gasteiger partial charge in [0.15, 0.2) is 5.82 Å². The van der Waals surface area contributed by atoms with Crippen LogP contribution in [-0.4, -0.2) is 25.8 Å². The molecule has 4 heterocycles. The maximum absolute atomic E-state index is 13.0. The van der Waals surface area contributed by atoms with E-state index in [4.69, 9.17) is 0 Å². The lowest BCUT2D eigenvalue weighted by molar-refractivity contribution is -0.140. The van der Waals surface area contributed by atoms with Crippen LogP contribution in [0.4, 0.5) is 28.7 Å². The van der Waals surface area contributed by atoms with E-state index in [-0.39, 0.29) is 11.5 Å². The number of pyridine rings is 2. The first-order chi connectivity index (χ1) is 16.4. The first-order valence-electron chi connectivity index (χ1n) is 9.97. The molecule has 4 aromatic heterocycles. The smallest absolute Gasteiger partial charge is 0.307 e. The van der Waals surface area contributed by atoms with Crippen LogP contribution in [0.1, 0.15) is 5.69 Å². The zero-order chi connectivity index (χ0) is 23.7. The monoisotopic (exact) mass is 480 g/mol. The van der Waals surface area contributed by atoms with Crippen LogP contribution in [0.25, 0.3) is 27.8 Å². The minimum atomic E-state index is -4.54. The van der Waals surface area contributed by atoms with Gasteiger partial charge in [-0.1, -0.05) is 18.2 Å². The highest BCUT2D eigenvalue weighted by Crippen LogP contribution is 2.31. The Bertz CT molecular complexity index is 1480. The molecule has 34 heavy (non-hydrogen) atoms. The molecule has 0 aliphatic carbocycles. The molecule has 0 fully saturated rings. The number of carbonyl (C=O) groups is 1. The number of rotatable bonds is 4. The second-order valence-electron chi connectivity index (χ2n) is 7.17. The SMILES string of the molecule is O=C(Nc1cccs1)Nc1ccccc1-c1cnn(-c2nccc3nc(C(F)(F)F)ccc23)c1. The van der Waals surface area contributed by atoms with Gasteiger partial charge in [0.1, 0.15) is 5.69 Å². The molecule has 0 aliphatic heterocycles. The van der Waals surface area contributed by atoms with Crippen molar-refractivity contribution in [2.24, 2.45) is 0 Å². The predicted molar refractivity (Wildman–Crippen MR) is 124 cm³/mol. The molecule has 0 aliphatic rings. The summed E-state index contributed by atoms with van der Waals surface area (Å²) >= 11 is 1.41. The largest absolute Gasteiger partial charge is 0.433 e. The number of alkyl halides is 3. The van der Waals surface area contributed by atoms with Crippen LogP contribution in [0.3, 0.4) is 0 Å². The van der Waals surface area contributed by atoms with Gasteiger partial charge in [-0.15, -0.1) is 11.3 Å². The second kappa shape index (κ2) is 8.60. The lowest BCUT2D eigenvalue weighted by atomic mass is 10.1. The summed E-state index contributed by atoms with van der Waals surface area (Å²) in [5, 5.41) is 12.9. The van der Waals surface area contributed by atoms with Crippen molar-refractivity contribution in [3.63, 3.8) is 0 Å². The van der Waals surface area contributed by atoms with Gasteiger partial charge in [-0.25, -0.2) is 19.4 Å². The fraction of sp³-hybridized carbons (Fsp3) is 0.0435. The molecule has 11 heteroatoms. The molecule has 5 rings (SSSR count). The van der Waals surface area contributed by atoms with Crippen LogP contribution < -0.4 is 10.6 Å². The molecule has 5 aromatic rings. The van der Waals surface area contributed by atoms with Crippen LogP contribution in [0.15, 0.2) is 78.6 Å². The average Bonchev–Trinajstić information content (AvgIpc) is 3.50. The third kappa shape index (κ3) is 4.33. The van der Waals surface area contributed by atoms with Crippen LogP contribution in [0.2, 0.25) is 0 Å². The lowest BCUT2D eigenvalue weighted by Gasteiger charge is -2.10. The van der Waals surface area contributed by atoms with Crippen molar-refractivity contribution in [1.82, 2.24) is 19.7 Å². The quantitative estimate of drug-likeness (QED) is 0.320. The summed E-state index contributed by atoms with van der Waals surface area (Å²) in [6.07, 6.45) is 0.131. The number of aromatic nitrogens is 4. The van der Waals surface area contributed by atoms with Gasteiger partial charge in [0.25, 0.3) is 0 Å². The van der Waals surface area contributed by atoms with E-state index in [1.807, 2.05) is 23.6 Å². The van der Waals surface area contributed by atoms with Crippen molar-refractivity contribution in [2.75, 3.05) is 10.6 Å². The Hall–Kier alpha value is -4.25. The van der Waals surface area contributed by atoms with Crippen molar-refractivity contribution in [1.29, 1.82) is 0 Å². The van der Waals surface area contributed by atoms with Crippen LogP contribution in [0.5, 0.6) is 0 Å². The Morgan fingerprint density at radius 2 is 1.85 bits per heavy atom. The van der Waals surface area contributed by atoms with E-state index in [9.17, 15) is 18.0 Å². The highest BCUT2D eigenvalue weighted by molar-refractivity contribution is 7.14. The number of anilines is 2. The number of benzene rings is 1. The summed E-state index contributed by atoms with van der Waals surface area (Å²) < 4.78 is 40.6. The van der Waals surface area contributed by atoms with Crippen LogP contribution in [-0.2, 0) is 6.18 Å². The van der Waals surface area contributed by atoms with Gasteiger partial charge in [0.2, 0.25) is 0 Å². The number of urea groups is 1. The van der Waals surface area contributed by atoms with E-state index in [1.54, 1.807) is 30.6 Å². The van der Waals surface area contributed by atoms with E-state index in [2.05, 4.69) is 25.7 Å². The summed E-state index contributed by atoms with van der Waals surface area (Å²) in [6, 6.07) is 14.1. The molecule has 0 atom stereocenters. The van der Waals surface area contributed by atoms with Crippen LogP contribution >= 0.6 is 11.3 Å². The molecule has 170 valence electrons. The third-order valence-electron chi connectivity index (χ3n) is 4.93. The Balaban J connectivity index is 1.46. The van der Waals surface area contributed by atoms with Gasteiger partial charge >= 0.3 is 12.2 Å². The van der Waals surface area contributed by atoms with Crippen molar-refractivity contribution in [3.8, 4) is 16.9 Å². The summed E-state index contributed by atoms with van der Waals surface area (Å²) in [5.74, 6) is 0.339. The molecule has 0 spiro atoms. The van der Waals surface area contributed by atoms with E-state index < -0.39 is 11.9 Å². The fourth-order valence-electron chi connectivity index (χ4n) is 3.42. The number of fused-ring (bicyclic) bond motifs is 1. The molecule has 0 radical (unpaired) electrons. The van der Waals surface area contributed by atoms with Gasteiger partial charge in [-0.05, 0) is 41.8 Å². The highest BCUT2D eigenvalue weighted by Gasteiger charge is 2.32. The zero-order valence-corrected chi connectivity index (χ0v) is 18.1. The Morgan fingerprint density at radius 3 is 2.65 bits per heavy atom. The highest BCUT2D eigenvalue weighted by atomic mass is 32.1. The maximum Gasteiger partial charge on any atom is 0.433 e. The maximum atomic E-state index is 13.0. The van der Waals surface area contributed by atoms with E-state index in [0.29, 0.717) is 33.0 Å². The standard InChI is InChI=1S/C23H15F3N6OS/c24-23(25,26)19-8-7-16-18(29-19)9-10-27-21(16)32-13-14(12-28-32)15-4-1-2-5-17(15)30-22(33)31-20-6-3-11-34-20/h1-13H,(H2,30,31,33). The first-order valence-corrected chi connectivity index (χ1v) is 10.9. The van der Waals surface area contributed by atoms with Crippen LogP contribution in [0, 0.1) is 0 Å². The molecular formula is C23H15F3N6OS. The summed E-state index contributed by atoms with van der Waals surface area (Å²) in [4.78, 5) is 20.4. The van der Waals surface area contributed by atoms with Gasteiger partial charge in [-0.2, -0.15) is 18.3 Å². The number of para-hydroxylation sites is 1. The number of amides is 2. The van der Waals surface area contributed by atoms with E-state index >= 15 is 0 Å². The fourth-order valence-corrected chi connectivity index (χ4v) is 4.03. The van der Waals surface area contributed by atoms with Gasteiger partial charge in [0, 0.05) is 28.9 Å². The van der Waals surface area contributed by atoms with E-state index in [1.165, 1.54) is 34.3 Å². The molecule has 7 nitrogen and oxygen atoms in total. The van der Waals surface area contributed by atoms with Gasteiger partial charge < -0.3 is 5.32 Å². The van der Waals surface area contributed by atoms with Crippen molar-refractivity contribution >= 4 is 39.0 Å². The number of thiophene rings is 1. The summed E-state index contributed by atoms with van der Waals surface area (Å²) in [7, 11) is 0. The molecule has 2 N–H and O–H groups in total. The van der Waals surface area contributed by atoms with Crippen molar-refractivity contribution in [2.45, 2.75) is 6.18 Å². The lowest BCUT2D eigenvalue weighted by Crippen LogP contribution is -2.19.